The van der Waals surface area contributed by atoms with Crippen LogP contribution < -0.4 is 15.0 Å². The van der Waals surface area contributed by atoms with Crippen LogP contribution in [0.25, 0.3) is 0 Å². The summed E-state index contributed by atoms with van der Waals surface area (Å²) >= 11 is 1.52. The number of amides is 2. The Hall–Kier alpha value is -3.26. The first-order chi connectivity index (χ1) is 15.0. The highest BCUT2D eigenvalue weighted by Gasteiger charge is 2.17. The lowest BCUT2D eigenvalue weighted by molar-refractivity contribution is -0.118. The van der Waals surface area contributed by atoms with E-state index in [9.17, 15) is 14.0 Å². The highest BCUT2D eigenvalue weighted by molar-refractivity contribution is 7.09. The van der Waals surface area contributed by atoms with Crippen LogP contribution >= 0.6 is 11.3 Å². The number of carbonyl (C=O) groups excluding carboxylic acids is 2. The van der Waals surface area contributed by atoms with Gasteiger partial charge in [-0.3, -0.25) is 9.59 Å². The van der Waals surface area contributed by atoms with Crippen LogP contribution in [0.1, 0.15) is 33.9 Å². The molecule has 0 aliphatic rings. The number of hydrogen-bond donors (Lipinski definition) is 1. The third kappa shape index (κ3) is 6.36. The van der Waals surface area contributed by atoms with Crippen LogP contribution in [0.4, 0.5) is 10.1 Å². The van der Waals surface area contributed by atoms with E-state index >= 15 is 0 Å². The molecule has 0 spiro atoms. The molecule has 1 heterocycles. The number of aromatic nitrogens is 1. The molecule has 162 valence electrons. The van der Waals surface area contributed by atoms with Crippen molar-refractivity contribution in [1.29, 1.82) is 0 Å². The zero-order valence-corrected chi connectivity index (χ0v) is 18.2. The minimum Gasteiger partial charge on any atom is -0.497 e. The first-order valence-corrected chi connectivity index (χ1v) is 10.7. The molecule has 0 aliphatic carbocycles. The topological polar surface area (TPSA) is 71.5 Å². The molecule has 8 heteroatoms. The van der Waals surface area contributed by atoms with Gasteiger partial charge in [0.25, 0.3) is 5.91 Å². The lowest BCUT2D eigenvalue weighted by atomic mass is 10.2. The second kappa shape index (κ2) is 10.7. The van der Waals surface area contributed by atoms with Crippen molar-refractivity contribution in [3.8, 4) is 5.75 Å². The molecule has 2 aromatic carbocycles. The Bertz CT molecular complexity index is 1020. The molecule has 2 amide bonds. The summed E-state index contributed by atoms with van der Waals surface area (Å²) in [5.41, 5.74) is 1.92. The molecule has 0 saturated heterocycles. The number of methoxy groups -OCH3 is 1. The van der Waals surface area contributed by atoms with E-state index in [1.54, 1.807) is 48.4 Å². The van der Waals surface area contributed by atoms with Gasteiger partial charge in [0.05, 0.1) is 24.4 Å². The fourth-order valence-corrected chi connectivity index (χ4v) is 3.61. The van der Waals surface area contributed by atoms with Gasteiger partial charge in [-0.25, -0.2) is 9.37 Å². The van der Waals surface area contributed by atoms with Crippen molar-refractivity contribution in [3.05, 3.63) is 76.0 Å². The molecule has 1 N–H and O–H groups in total. The number of nitrogens with zero attached hydrogens (tertiary/aromatic N) is 2. The maximum atomic E-state index is 13.3. The number of aryl methyl sites for hydroxylation is 1. The average molecular weight is 442 g/mol. The van der Waals surface area contributed by atoms with Crippen LogP contribution in [-0.4, -0.2) is 30.5 Å². The standard InChI is InChI=1S/C23H24FN3O3S/c1-16-26-19(15-31-16)14-27(20-9-7-18(24)8-10-20)22(28)4-3-13-25-23(29)17-5-11-21(30-2)12-6-17/h5-12,15H,3-4,13-14H2,1-2H3,(H,25,29). The second-order valence-electron chi connectivity index (χ2n) is 6.90. The van der Waals surface area contributed by atoms with Crippen molar-refractivity contribution < 1.29 is 18.7 Å². The molecule has 0 radical (unpaired) electrons. The Morgan fingerprint density at radius 3 is 2.45 bits per heavy atom. The Kier molecular flexibility index (Phi) is 7.72. The number of halogens is 1. The van der Waals surface area contributed by atoms with Crippen LogP contribution in [-0.2, 0) is 11.3 Å². The highest BCUT2D eigenvalue weighted by Crippen LogP contribution is 2.20. The Morgan fingerprint density at radius 2 is 1.84 bits per heavy atom. The van der Waals surface area contributed by atoms with Gasteiger partial charge >= 0.3 is 0 Å². The first-order valence-electron chi connectivity index (χ1n) is 9.85. The molecule has 0 saturated carbocycles. The van der Waals surface area contributed by atoms with Gasteiger partial charge < -0.3 is 15.0 Å². The van der Waals surface area contributed by atoms with Crippen molar-refractivity contribution >= 4 is 28.8 Å². The normalized spacial score (nSPS) is 10.5. The largest absolute Gasteiger partial charge is 0.497 e. The average Bonchev–Trinajstić information content (AvgIpc) is 3.20. The summed E-state index contributed by atoms with van der Waals surface area (Å²) in [5, 5.41) is 5.65. The number of rotatable bonds is 9. The van der Waals surface area contributed by atoms with E-state index in [1.165, 1.54) is 23.5 Å². The first kappa shape index (κ1) is 22.4. The van der Waals surface area contributed by atoms with Crippen molar-refractivity contribution in [3.63, 3.8) is 0 Å². The Labute approximate surface area is 184 Å². The number of hydrogen-bond acceptors (Lipinski definition) is 5. The minimum absolute atomic E-state index is 0.115. The van der Waals surface area contributed by atoms with Gasteiger partial charge in [-0.2, -0.15) is 0 Å². The number of ether oxygens (including phenoxy) is 1. The summed E-state index contributed by atoms with van der Waals surface area (Å²) in [6.45, 7) is 2.58. The summed E-state index contributed by atoms with van der Waals surface area (Å²) in [6, 6.07) is 12.6. The molecule has 0 atom stereocenters. The Morgan fingerprint density at radius 1 is 1.13 bits per heavy atom. The number of carbonyl (C=O) groups is 2. The van der Waals surface area contributed by atoms with Gasteiger partial charge in [0.15, 0.2) is 0 Å². The Balaban J connectivity index is 1.56. The lowest BCUT2D eigenvalue weighted by Gasteiger charge is -2.22. The maximum Gasteiger partial charge on any atom is 0.251 e. The van der Waals surface area contributed by atoms with Crippen molar-refractivity contribution in [2.75, 3.05) is 18.6 Å². The number of anilines is 1. The zero-order chi connectivity index (χ0) is 22.2. The van der Waals surface area contributed by atoms with Gasteiger partial charge in [-0.05, 0) is 61.9 Å². The predicted molar refractivity (Wildman–Crippen MR) is 119 cm³/mol. The molecule has 0 aliphatic heterocycles. The summed E-state index contributed by atoms with van der Waals surface area (Å²) in [4.78, 5) is 31.2. The number of thiazole rings is 1. The monoisotopic (exact) mass is 441 g/mol. The number of nitrogens with one attached hydrogen (secondary N) is 1. The molecule has 0 unspecified atom stereocenters. The zero-order valence-electron chi connectivity index (χ0n) is 17.4. The smallest absolute Gasteiger partial charge is 0.251 e. The van der Waals surface area contributed by atoms with Gasteiger partial charge in [0, 0.05) is 29.6 Å². The maximum absolute atomic E-state index is 13.3. The SMILES string of the molecule is COc1ccc(C(=O)NCCCC(=O)N(Cc2csc(C)n2)c2ccc(F)cc2)cc1. The van der Waals surface area contributed by atoms with Crippen LogP contribution in [0, 0.1) is 12.7 Å². The van der Waals surface area contributed by atoms with Crippen molar-refractivity contribution in [1.82, 2.24) is 10.3 Å². The third-order valence-electron chi connectivity index (χ3n) is 4.63. The summed E-state index contributed by atoms with van der Waals surface area (Å²) in [7, 11) is 1.57. The van der Waals surface area contributed by atoms with Gasteiger partial charge in [0.2, 0.25) is 5.91 Å². The van der Waals surface area contributed by atoms with E-state index in [2.05, 4.69) is 10.3 Å². The second-order valence-corrected chi connectivity index (χ2v) is 7.96. The van der Waals surface area contributed by atoms with E-state index in [4.69, 9.17) is 4.74 Å². The quantitative estimate of drug-likeness (QED) is 0.502. The molecular weight excluding hydrogens is 417 g/mol. The molecule has 31 heavy (non-hydrogen) atoms. The lowest BCUT2D eigenvalue weighted by Crippen LogP contribution is -2.31. The van der Waals surface area contributed by atoms with Crippen LogP contribution in [0.5, 0.6) is 5.75 Å². The fraction of sp³-hybridized carbons (Fsp3) is 0.261. The fourth-order valence-electron chi connectivity index (χ4n) is 3.01. The van der Waals surface area contributed by atoms with E-state index in [1.807, 2.05) is 12.3 Å². The van der Waals surface area contributed by atoms with Gasteiger partial charge in [-0.1, -0.05) is 0 Å². The molecule has 6 nitrogen and oxygen atoms in total. The predicted octanol–water partition coefficient (Wildman–Crippen LogP) is 4.34. The third-order valence-corrected chi connectivity index (χ3v) is 5.45. The van der Waals surface area contributed by atoms with Gasteiger partial charge in [-0.15, -0.1) is 11.3 Å². The molecular formula is C23H24FN3O3S. The van der Waals surface area contributed by atoms with Crippen LogP contribution in [0.15, 0.2) is 53.9 Å². The van der Waals surface area contributed by atoms with Crippen LogP contribution in [0.3, 0.4) is 0 Å². The molecule has 0 fully saturated rings. The van der Waals surface area contributed by atoms with Gasteiger partial charge in [0.1, 0.15) is 11.6 Å². The number of benzene rings is 2. The summed E-state index contributed by atoms with van der Waals surface area (Å²) in [6.07, 6.45) is 0.720. The van der Waals surface area contributed by atoms with E-state index in [0.29, 0.717) is 36.5 Å². The van der Waals surface area contributed by atoms with E-state index < -0.39 is 0 Å². The highest BCUT2D eigenvalue weighted by atomic mass is 32.1. The van der Waals surface area contributed by atoms with E-state index in [-0.39, 0.29) is 24.1 Å². The van der Waals surface area contributed by atoms with Crippen molar-refractivity contribution in [2.45, 2.75) is 26.3 Å². The summed E-state index contributed by atoms with van der Waals surface area (Å²) < 4.78 is 18.4. The minimum atomic E-state index is -0.359. The van der Waals surface area contributed by atoms with Crippen LogP contribution in [0.2, 0.25) is 0 Å². The molecule has 3 aromatic rings. The molecule has 1 aromatic heterocycles. The molecule has 3 rings (SSSR count). The van der Waals surface area contributed by atoms with E-state index in [0.717, 1.165) is 10.7 Å². The summed E-state index contributed by atoms with van der Waals surface area (Å²) in [5.74, 6) is -0.000341. The molecule has 0 bridgehead atoms. The van der Waals surface area contributed by atoms with Crippen molar-refractivity contribution in [2.24, 2.45) is 0 Å².